The van der Waals surface area contributed by atoms with Crippen molar-refractivity contribution in [3.8, 4) is 0 Å². The molecule has 8 heteroatoms. The van der Waals surface area contributed by atoms with Gasteiger partial charge < -0.3 is 24.5 Å². The SMILES string of the molecule is C=CCN(C(=O)[C@@H]1[C@@H]2CCC3(O2)C(C(=O)N(CC=C)C2CCCCC2)N([C@@H](CO)C(C)C)C(=O)[C@H]13)c1ccccc1. The van der Waals surface area contributed by atoms with Crippen LogP contribution in [0.4, 0.5) is 5.69 Å². The Morgan fingerprint density at radius 3 is 2.37 bits per heavy atom. The van der Waals surface area contributed by atoms with Gasteiger partial charge in [-0.2, -0.15) is 0 Å². The number of para-hydroxylation sites is 1. The van der Waals surface area contributed by atoms with Crippen LogP contribution in [0, 0.1) is 17.8 Å². The topological polar surface area (TPSA) is 90.4 Å². The number of aliphatic hydroxyl groups excluding tert-OH is 1. The second-order valence-electron chi connectivity index (χ2n) is 12.4. The predicted octanol–water partition coefficient (Wildman–Crippen LogP) is 3.94. The lowest BCUT2D eigenvalue weighted by atomic mass is 9.70. The zero-order valence-electron chi connectivity index (χ0n) is 24.5. The van der Waals surface area contributed by atoms with Crippen LogP contribution in [0.1, 0.15) is 58.8 Å². The largest absolute Gasteiger partial charge is 0.394 e. The standard InChI is InChI=1S/C33H45N3O5/c1-5-19-34(23-13-9-7-10-14-23)30(38)27-26-17-18-33(41-26)28(27)31(39)36(25(21-37)22(3)4)29(33)32(40)35(20-6-2)24-15-11-8-12-16-24/h5-7,9-10,13-14,22,24-29,37H,1-2,8,11-12,15-21H2,3-4H3/t25-,26-,27+,28-,29?,33?/m0/s1. The number of hydrogen-bond acceptors (Lipinski definition) is 5. The molecule has 5 rings (SSSR count). The van der Waals surface area contributed by atoms with E-state index in [4.69, 9.17) is 4.74 Å². The molecule has 0 radical (unpaired) electrons. The van der Waals surface area contributed by atoms with E-state index in [1.807, 2.05) is 49.1 Å². The smallest absolute Gasteiger partial charge is 0.248 e. The van der Waals surface area contributed by atoms with E-state index < -0.39 is 35.6 Å². The van der Waals surface area contributed by atoms with Gasteiger partial charge in [-0.15, -0.1) is 13.2 Å². The molecule has 1 spiro atoms. The molecular formula is C33H45N3O5. The number of carbonyl (C=O) groups excluding carboxylic acids is 3. The summed E-state index contributed by atoms with van der Waals surface area (Å²) in [5.41, 5.74) is -0.374. The molecule has 2 bridgehead atoms. The van der Waals surface area contributed by atoms with Gasteiger partial charge in [-0.05, 0) is 43.7 Å². The van der Waals surface area contributed by atoms with E-state index in [2.05, 4.69) is 13.2 Å². The number of carbonyl (C=O) groups is 3. The van der Waals surface area contributed by atoms with Gasteiger partial charge in [0.05, 0.1) is 30.6 Å². The predicted molar refractivity (Wildman–Crippen MR) is 158 cm³/mol. The fourth-order valence-electron chi connectivity index (χ4n) is 7.98. The van der Waals surface area contributed by atoms with Crippen molar-refractivity contribution >= 4 is 23.4 Å². The van der Waals surface area contributed by atoms with Gasteiger partial charge in [0.1, 0.15) is 11.6 Å². The first-order chi connectivity index (χ1) is 19.8. The van der Waals surface area contributed by atoms with Gasteiger partial charge in [-0.1, -0.05) is 63.5 Å². The maximum absolute atomic E-state index is 14.7. The molecule has 4 aliphatic rings. The number of amides is 3. The van der Waals surface area contributed by atoms with Crippen LogP contribution in [-0.4, -0.2) is 82.2 Å². The normalized spacial score (nSPS) is 29.9. The summed E-state index contributed by atoms with van der Waals surface area (Å²) in [6, 6.07) is 8.01. The lowest BCUT2D eigenvalue weighted by Gasteiger charge is -2.43. The van der Waals surface area contributed by atoms with Gasteiger partial charge in [0.2, 0.25) is 17.7 Å². The lowest BCUT2D eigenvalue weighted by Crippen LogP contribution is -2.61. The molecule has 8 nitrogen and oxygen atoms in total. The highest BCUT2D eigenvalue weighted by molar-refractivity contribution is 6.03. The molecule has 6 atom stereocenters. The number of rotatable bonds is 11. The molecule has 1 saturated carbocycles. The highest BCUT2D eigenvalue weighted by atomic mass is 16.5. The van der Waals surface area contributed by atoms with Crippen molar-refractivity contribution in [3.63, 3.8) is 0 Å². The second kappa shape index (κ2) is 12.1. The van der Waals surface area contributed by atoms with Crippen molar-refractivity contribution in [2.24, 2.45) is 17.8 Å². The van der Waals surface area contributed by atoms with E-state index in [1.54, 1.807) is 22.0 Å². The summed E-state index contributed by atoms with van der Waals surface area (Å²) in [6.07, 6.45) is 9.24. The zero-order valence-corrected chi connectivity index (χ0v) is 24.5. The molecule has 41 heavy (non-hydrogen) atoms. The van der Waals surface area contributed by atoms with Crippen LogP contribution in [-0.2, 0) is 19.1 Å². The summed E-state index contributed by atoms with van der Waals surface area (Å²) in [5, 5.41) is 10.5. The number of likely N-dealkylation sites (tertiary alicyclic amines) is 1. The highest BCUT2D eigenvalue weighted by Gasteiger charge is 2.75. The number of aliphatic hydroxyl groups is 1. The first kappa shape index (κ1) is 29.5. The van der Waals surface area contributed by atoms with Gasteiger partial charge >= 0.3 is 0 Å². The van der Waals surface area contributed by atoms with E-state index in [1.165, 1.54) is 0 Å². The molecule has 3 saturated heterocycles. The van der Waals surface area contributed by atoms with Gasteiger partial charge in [0.25, 0.3) is 0 Å². The van der Waals surface area contributed by atoms with Crippen LogP contribution >= 0.6 is 0 Å². The van der Waals surface area contributed by atoms with E-state index in [-0.39, 0.29) is 36.3 Å². The Bertz CT molecular complexity index is 1150. The average Bonchev–Trinajstić information content (AvgIpc) is 3.63. The number of hydrogen-bond donors (Lipinski definition) is 1. The monoisotopic (exact) mass is 563 g/mol. The molecule has 3 aliphatic heterocycles. The first-order valence-corrected chi connectivity index (χ1v) is 15.3. The van der Waals surface area contributed by atoms with E-state index >= 15 is 0 Å². The van der Waals surface area contributed by atoms with Crippen molar-refractivity contribution in [3.05, 3.63) is 55.6 Å². The molecule has 4 fully saturated rings. The van der Waals surface area contributed by atoms with Gasteiger partial charge in [0, 0.05) is 24.8 Å². The van der Waals surface area contributed by atoms with Crippen molar-refractivity contribution < 1.29 is 24.2 Å². The van der Waals surface area contributed by atoms with E-state index in [9.17, 15) is 19.5 Å². The quantitative estimate of drug-likeness (QED) is 0.412. The van der Waals surface area contributed by atoms with Crippen LogP contribution in [0.15, 0.2) is 55.6 Å². The highest BCUT2D eigenvalue weighted by Crippen LogP contribution is 2.59. The minimum atomic E-state index is -1.11. The molecule has 3 amide bonds. The Labute approximate surface area is 244 Å². The molecule has 1 N–H and O–H groups in total. The molecule has 222 valence electrons. The average molecular weight is 564 g/mol. The van der Waals surface area contributed by atoms with Crippen molar-refractivity contribution in [1.29, 1.82) is 0 Å². The minimum Gasteiger partial charge on any atom is -0.394 e. The summed E-state index contributed by atoms with van der Waals surface area (Å²) in [7, 11) is 0. The maximum atomic E-state index is 14.7. The minimum absolute atomic E-state index is 0.0745. The summed E-state index contributed by atoms with van der Waals surface area (Å²) in [6.45, 7) is 12.1. The molecular weight excluding hydrogens is 518 g/mol. The summed E-state index contributed by atoms with van der Waals surface area (Å²) >= 11 is 0. The van der Waals surface area contributed by atoms with Crippen LogP contribution in [0.25, 0.3) is 0 Å². The van der Waals surface area contributed by atoms with Crippen LogP contribution in [0.5, 0.6) is 0 Å². The van der Waals surface area contributed by atoms with E-state index in [0.717, 1.165) is 37.8 Å². The third-order valence-electron chi connectivity index (χ3n) is 9.84. The third kappa shape index (κ3) is 4.93. The Hall–Kier alpha value is -2.97. The van der Waals surface area contributed by atoms with Crippen LogP contribution in [0.2, 0.25) is 0 Å². The molecule has 0 aromatic heterocycles. The van der Waals surface area contributed by atoms with Crippen molar-refractivity contribution in [1.82, 2.24) is 9.80 Å². The molecule has 1 aromatic rings. The summed E-state index contributed by atoms with van der Waals surface area (Å²) in [5.74, 6) is -2.19. The Morgan fingerprint density at radius 2 is 1.76 bits per heavy atom. The molecule has 3 heterocycles. The Balaban J connectivity index is 1.57. The summed E-state index contributed by atoms with van der Waals surface area (Å²) in [4.78, 5) is 48.7. The van der Waals surface area contributed by atoms with Crippen molar-refractivity contribution in [2.45, 2.75) is 88.6 Å². The number of ether oxygens (including phenoxy) is 1. The van der Waals surface area contributed by atoms with Crippen LogP contribution < -0.4 is 4.90 Å². The molecule has 1 aliphatic carbocycles. The van der Waals surface area contributed by atoms with Gasteiger partial charge in [-0.25, -0.2) is 0 Å². The van der Waals surface area contributed by atoms with Gasteiger partial charge in [0.15, 0.2) is 0 Å². The Kier molecular flexibility index (Phi) is 8.71. The maximum Gasteiger partial charge on any atom is 0.248 e. The van der Waals surface area contributed by atoms with E-state index in [0.29, 0.717) is 25.9 Å². The number of benzene rings is 1. The third-order valence-corrected chi connectivity index (χ3v) is 9.84. The lowest BCUT2D eigenvalue weighted by molar-refractivity contribution is -0.154. The Morgan fingerprint density at radius 1 is 1.07 bits per heavy atom. The zero-order chi connectivity index (χ0) is 29.3. The number of nitrogens with zero attached hydrogens (tertiary/aromatic N) is 3. The van der Waals surface area contributed by atoms with Gasteiger partial charge in [-0.3, -0.25) is 14.4 Å². The van der Waals surface area contributed by atoms with Crippen molar-refractivity contribution in [2.75, 3.05) is 24.6 Å². The molecule has 1 aromatic carbocycles. The van der Waals surface area contributed by atoms with Crippen LogP contribution in [0.3, 0.4) is 0 Å². The fourth-order valence-corrected chi connectivity index (χ4v) is 7.98. The second-order valence-corrected chi connectivity index (χ2v) is 12.4. The fraction of sp³-hybridized carbons (Fsp3) is 0.606. The summed E-state index contributed by atoms with van der Waals surface area (Å²) < 4.78 is 6.72. The number of anilines is 1. The number of fused-ring (bicyclic) bond motifs is 1. The first-order valence-electron chi connectivity index (χ1n) is 15.3. The molecule has 2 unspecified atom stereocenters.